The summed E-state index contributed by atoms with van der Waals surface area (Å²) in [6, 6.07) is 0. The number of ether oxygens (including phenoxy) is 2. The molecule has 6 heteroatoms. The summed E-state index contributed by atoms with van der Waals surface area (Å²) in [7, 11) is 0. The number of amides is 1. The van der Waals surface area contributed by atoms with Crippen LogP contribution in [-0.2, 0) is 23.9 Å². The highest BCUT2D eigenvalue weighted by atomic mass is 16.5. The molecule has 29 heavy (non-hydrogen) atoms. The molecule has 1 aliphatic heterocycles. The van der Waals surface area contributed by atoms with E-state index in [2.05, 4.69) is 19.2 Å². The molecule has 6 nitrogen and oxygen atoms in total. The molecule has 3 aliphatic carbocycles. The molecule has 3 saturated carbocycles. The third-order valence-electron chi connectivity index (χ3n) is 8.82. The molecule has 0 aromatic carbocycles. The topological polar surface area (TPSA) is 81.7 Å². The second-order valence-electron chi connectivity index (χ2n) is 10.4. The van der Waals surface area contributed by atoms with Gasteiger partial charge in [-0.2, -0.15) is 0 Å². The molecule has 0 aromatic rings. The van der Waals surface area contributed by atoms with E-state index in [1.807, 2.05) is 0 Å². The number of piperidine rings is 1. The van der Waals surface area contributed by atoms with Gasteiger partial charge < -0.3 is 14.8 Å². The van der Waals surface area contributed by atoms with Gasteiger partial charge in [0, 0.05) is 19.4 Å². The highest BCUT2D eigenvalue weighted by Crippen LogP contribution is 2.62. The van der Waals surface area contributed by atoms with Crippen molar-refractivity contribution in [1.82, 2.24) is 5.32 Å². The van der Waals surface area contributed by atoms with Crippen molar-refractivity contribution in [3.63, 3.8) is 0 Å². The first kappa shape index (κ1) is 20.7. The number of esters is 2. The molecule has 162 valence electrons. The molecule has 4 fully saturated rings. The highest BCUT2D eigenvalue weighted by molar-refractivity contribution is 5.85. The minimum atomic E-state index is -0.658. The highest BCUT2D eigenvalue weighted by Gasteiger charge is 2.59. The number of rotatable bonds is 2. The minimum absolute atomic E-state index is 0.0679. The van der Waals surface area contributed by atoms with Crippen molar-refractivity contribution < 1.29 is 23.9 Å². The molecule has 8 atom stereocenters. The summed E-state index contributed by atoms with van der Waals surface area (Å²) >= 11 is 0. The first-order valence-electron chi connectivity index (χ1n) is 11.3. The van der Waals surface area contributed by atoms with Crippen LogP contribution in [0.4, 0.5) is 0 Å². The van der Waals surface area contributed by atoms with Crippen LogP contribution in [0.3, 0.4) is 0 Å². The zero-order valence-corrected chi connectivity index (χ0v) is 18.2. The molecule has 0 aromatic heterocycles. The van der Waals surface area contributed by atoms with Crippen molar-refractivity contribution in [2.45, 2.75) is 96.8 Å². The number of fused-ring (bicyclic) bond motifs is 5. The molecule has 0 radical (unpaired) electrons. The predicted octanol–water partition coefficient (Wildman–Crippen LogP) is 3.37. The Balaban J connectivity index is 1.53. The Bertz CT molecular complexity index is 707. The second kappa shape index (κ2) is 7.28. The third-order valence-corrected chi connectivity index (χ3v) is 8.82. The zero-order chi connectivity index (χ0) is 21.0. The normalized spacial score (nSPS) is 46.4. The van der Waals surface area contributed by atoms with Gasteiger partial charge in [0.15, 0.2) is 6.10 Å². The van der Waals surface area contributed by atoms with E-state index in [0.29, 0.717) is 30.1 Å². The van der Waals surface area contributed by atoms with Gasteiger partial charge in [-0.15, -0.1) is 0 Å². The first-order valence-corrected chi connectivity index (χ1v) is 11.3. The van der Waals surface area contributed by atoms with Crippen LogP contribution in [0.1, 0.15) is 79.1 Å². The average molecular weight is 406 g/mol. The number of hydrogen-bond donors (Lipinski definition) is 1. The van der Waals surface area contributed by atoms with Crippen molar-refractivity contribution >= 4 is 17.8 Å². The van der Waals surface area contributed by atoms with Crippen LogP contribution in [0.5, 0.6) is 0 Å². The van der Waals surface area contributed by atoms with Crippen LogP contribution in [0, 0.1) is 29.1 Å². The van der Waals surface area contributed by atoms with Gasteiger partial charge >= 0.3 is 11.9 Å². The molecule has 0 spiro atoms. The summed E-state index contributed by atoms with van der Waals surface area (Å²) in [5.41, 5.74) is 0.0618. The van der Waals surface area contributed by atoms with E-state index >= 15 is 0 Å². The lowest BCUT2D eigenvalue weighted by molar-refractivity contribution is -0.172. The van der Waals surface area contributed by atoms with E-state index in [0.717, 1.165) is 44.9 Å². The van der Waals surface area contributed by atoms with Crippen LogP contribution in [0.2, 0.25) is 0 Å². The summed E-state index contributed by atoms with van der Waals surface area (Å²) in [6.45, 7) is 7.51. The maximum absolute atomic E-state index is 12.5. The van der Waals surface area contributed by atoms with Gasteiger partial charge in [-0.05, 0) is 87.4 Å². The average Bonchev–Trinajstić information content (AvgIpc) is 2.62. The van der Waals surface area contributed by atoms with Crippen LogP contribution >= 0.6 is 0 Å². The van der Waals surface area contributed by atoms with E-state index < -0.39 is 6.10 Å². The summed E-state index contributed by atoms with van der Waals surface area (Å²) in [4.78, 5) is 35.4. The van der Waals surface area contributed by atoms with E-state index in [4.69, 9.17) is 9.47 Å². The molecule has 1 N–H and O–H groups in total. The van der Waals surface area contributed by atoms with Crippen LogP contribution in [0.15, 0.2) is 0 Å². The Morgan fingerprint density at radius 1 is 0.931 bits per heavy atom. The Morgan fingerprint density at radius 2 is 1.66 bits per heavy atom. The second-order valence-corrected chi connectivity index (χ2v) is 10.4. The smallest absolute Gasteiger partial charge is 0.303 e. The van der Waals surface area contributed by atoms with Gasteiger partial charge in [-0.25, -0.2) is 0 Å². The van der Waals surface area contributed by atoms with Gasteiger partial charge in [0.25, 0.3) is 5.91 Å². The number of carbonyl (C=O) groups excluding carboxylic acids is 3. The van der Waals surface area contributed by atoms with Crippen LogP contribution in [-0.4, -0.2) is 35.6 Å². The number of nitrogens with one attached hydrogen (secondary N) is 1. The van der Waals surface area contributed by atoms with E-state index in [1.54, 1.807) is 0 Å². The van der Waals surface area contributed by atoms with Crippen molar-refractivity contribution in [3.8, 4) is 0 Å². The molecular weight excluding hydrogens is 370 g/mol. The molecule has 8 unspecified atom stereocenters. The van der Waals surface area contributed by atoms with Gasteiger partial charge in [-0.1, -0.05) is 6.92 Å². The largest absolute Gasteiger partial charge is 0.463 e. The zero-order valence-electron chi connectivity index (χ0n) is 18.2. The van der Waals surface area contributed by atoms with Crippen molar-refractivity contribution in [2.75, 3.05) is 0 Å². The van der Waals surface area contributed by atoms with E-state index in [-0.39, 0.29) is 34.9 Å². The molecular formula is C23H35NO5. The predicted molar refractivity (Wildman–Crippen MR) is 107 cm³/mol. The fourth-order valence-corrected chi connectivity index (χ4v) is 7.47. The van der Waals surface area contributed by atoms with Crippen molar-refractivity contribution in [1.29, 1.82) is 0 Å². The van der Waals surface area contributed by atoms with Crippen LogP contribution in [0.25, 0.3) is 0 Å². The number of carbonyl (C=O) groups is 3. The maximum Gasteiger partial charge on any atom is 0.303 e. The fourth-order valence-electron chi connectivity index (χ4n) is 7.47. The van der Waals surface area contributed by atoms with E-state index in [1.165, 1.54) is 13.8 Å². The van der Waals surface area contributed by atoms with Crippen molar-refractivity contribution in [3.05, 3.63) is 0 Å². The third kappa shape index (κ3) is 3.57. The fraction of sp³-hybridized carbons (Fsp3) is 0.870. The first-order chi connectivity index (χ1) is 13.6. The van der Waals surface area contributed by atoms with Crippen molar-refractivity contribution in [2.24, 2.45) is 29.1 Å². The van der Waals surface area contributed by atoms with Gasteiger partial charge in [-0.3, -0.25) is 14.4 Å². The van der Waals surface area contributed by atoms with Gasteiger partial charge in [0.2, 0.25) is 0 Å². The summed E-state index contributed by atoms with van der Waals surface area (Å²) in [6.07, 6.45) is 7.47. The molecule has 4 rings (SSSR count). The monoisotopic (exact) mass is 405 g/mol. The lowest BCUT2D eigenvalue weighted by Gasteiger charge is -2.62. The number of hydrogen-bond acceptors (Lipinski definition) is 5. The Hall–Kier alpha value is -1.59. The summed E-state index contributed by atoms with van der Waals surface area (Å²) in [5, 5.41) is 3.22. The Labute approximate surface area is 173 Å². The lowest BCUT2D eigenvalue weighted by atomic mass is 9.45. The Kier molecular flexibility index (Phi) is 5.19. The summed E-state index contributed by atoms with van der Waals surface area (Å²) < 4.78 is 10.9. The molecule has 1 heterocycles. The lowest BCUT2D eigenvalue weighted by Crippen LogP contribution is -2.66. The minimum Gasteiger partial charge on any atom is -0.463 e. The van der Waals surface area contributed by atoms with Gasteiger partial charge in [0.05, 0.1) is 0 Å². The van der Waals surface area contributed by atoms with E-state index in [9.17, 15) is 14.4 Å². The molecule has 4 aliphatic rings. The SMILES string of the molecule is CC(=O)OC1CCC2(C)C(CCC3C4CC(OC(C)=O)C(=O)NC4(C)CCC32)C1. The maximum atomic E-state index is 12.5. The summed E-state index contributed by atoms with van der Waals surface area (Å²) in [5.74, 6) is 1.39. The quantitative estimate of drug-likeness (QED) is 0.713. The molecule has 1 amide bonds. The molecule has 1 saturated heterocycles. The molecule has 0 bridgehead atoms. The van der Waals surface area contributed by atoms with Crippen LogP contribution < -0.4 is 5.32 Å². The Morgan fingerprint density at radius 3 is 2.34 bits per heavy atom. The van der Waals surface area contributed by atoms with Gasteiger partial charge in [0.1, 0.15) is 6.10 Å². The standard InChI is InChI=1S/C23H35NO5/c1-13(25)28-16-7-9-22(3)15(11-16)5-6-17-18(22)8-10-23(4)19(17)12-20(21(27)24-23)29-14(2)26/h15-20H,5-12H2,1-4H3,(H,24,27).